The first-order chi connectivity index (χ1) is 9.56. The molecular weight excluding hydrogens is 280 g/mol. The van der Waals surface area contributed by atoms with E-state index in [1.807, 2.05) is 6.07 Å². The molecule has 0 fully saturated rings. The molecule has 0 aliphatic heterocycles. The number of methoxy groups -OCH3 is 1. The van der Waals surface area contributed by atoms with Crippen LogP contribution in [0.1, 0.15) is 11.3 Å². The first kappa shape index (κ1) is 14.3. The lowest BCUT2D eigenvalue weighted by atomic mass is 10.2. The van der Waals surface area contributed by atoms with Gasteiger partial charge in [-0.2, -0.15) is 10.2 Å². The molecule has 2 N–H and O–H groups in total. The van der Waals surface area contributed by atoms with E-state index in [1.165, 1.54) is 6.26 Å². The third kappa shape index (κ3) is 2.75. The second kappa shape index (κ2) is 5.92. The lowest BCUT2D eigenvalue weighted by molar-refractivity contribution is 0.165. The van der Waals surface area contributed by atoms with E-state index < -0.39 is 11.2 Å². The van der Waals surface area contributed by atoms with Crippen LogP contribution in [0.5, 0.6) is 0 Å². The van der Waals surface area contributed by atoms with Crippen molar-refractivity contribution in [2.24, 2.45) is 0 Å². The Bertz CT molecular complexity index is 663. The van der Waals surface area contributed by atoms with E-state index >= 15 is 0 Å². The quantitative estimate of drug-likeness (QED) is 0.660. The maximum Gasteiger partial charge on any atom is 0.267 e. The Kier molecular flexibility index (Phi) is 4.24. The van der Waals surface area contributed by atoms with E-state index in [-0.39, 0.29) is 22.2 Å². The van der Waals surface area contributed by atoms with Crippen LogP contribution in [-0.2, 0) is 22.5 Å². The average Bonchev–Trinajstić information content (AvgIpc) is 2.86. The molecule has 2 aromatic heterocycles. The zero-order chi connectivity index (χ0) is 14.7. The van der Waals surface area contributed by atoms with Crippen molar-refractivity contribution in [3.63, 3.8) is 0 Å². The Labute approximate surface area is 118 Å². The lowest BCUT2D eigenvalue weighted by Crippen LogP contribution is -2.09. The van der Waals surface area contributed by atoms with Crippen LogP contribution in [0.25, 0.3) is 11.5 Å². The molecule has 0 aliphatic rings. The van der Waals surface area contributed by atoms with E-state index in [4.69, 9.17) is 14.9 Å². The molecule has 0 aromatic carbocycles. The van der Waals surface area contributed by atoms with Crippen molar-refractivity contribution < 1.29 is 13.7 Å². The fourth-order valence-electron chi connectivity index (χ4n) is 1.67. The molecule has 2 heterocycles. The summed E-state index contributed by atoms with van der Waals surface area (Å²) in [6.45, 7) is 0.301. The molecule has 1 unspecified atom stereocenters. The van der Waals surface area contributed by atoms with Gasteiger partial charge in [0, 0.05) is 18.3 Å². The van der Waals surface area contributed by atoms with E-state index in [1.54, 1.807) is 19.2 Å². The van der Waals surface area contributed by atoms with Crippen molar-refractivity contribution >= 4 is 17.1 Å². The van der Waals surface area contributed by atoms with Gasteiger partial charge in [-0.3, -0.25) is 0 Å². The molecule has 0 bridgehead atoms. The van der Waals surface area contributed by atoms with Gasteiger partial charge in [0.2, 0.25) is 5.95 Å². The molecule has 2 aromatic rings. The summed E-state index contributed by atoms with van der Waals surface area (Å²) in [5.74, 6) is 0.881. The summed E-state index contributed by atoms with van der Waals surface area (Å²) in [5, 5.41) is 9.34. The van der Waals surface area contributed by atoms with Crippen LogP contribution in [0.3, 0.4) is 0 Å². The van der Waals surface area contributed by atoms with Gasteiger partial charge in [0.15, 0.2) is 11.3 Å². The van der Waals surface area contributed by atoms with Crippen molar-refractivity contribution in [1.29, 1.82) is 5.26 Å². The van der Waals surface area contributed by atoms with E-state index in [0.717, 1.165) is 0 Å². The summed E-state index contributed by atoms with van der Waals surface area (Å²) < 4.78 is 22.1. The van der Waals surface area contributed by atoms with Crippen LogP contribution in [0.4, 0.5) is 5.95 Å². The van der Waals surface area contributed by atoms with Gasteiger partial charge >= 0.3 is 0 Å². The van der Waals surface area contributed by atoms with Crippen LogP contribution in [0, 0.1) is 11.3 Å². The topological polar surface area (TPSA) is 121 Å². The number of nitrogens with zero attached hydrogens (tertiary/aromatic N) is 3. The highest BCUT2D eigenvalue weighted by Crippen LogP contribution is 2.28. The number of hydrogen-bond donors (Lipinski definition) is 1. The third-order valence-electron chi connectivity index (χ3n) is 2.46. The number of hydrogen-bond acceptors (Lipinski definition) is 7. The molecule has 0 radical (unpaired) electrons. The van der Waals surface area contributed by atoms with E-state index in [2.05, 4.69) is 9.97 Å². The number of aromatic nitrogens is 2. The molecule has 8 heteroatoms. The zero-order valence-corrected chi connectivity index (χ0v) is 11.7. The number of nitriles is 1. The van der Waals surface area contributed by atoms with Crippen LogP contribution in [0.2, 0.25) is 0 Å². The highest BCUT2D eigenvalue weighted by atomic mass is 32.2. The minimum Gasteiger partial charge on any atom is -0.610 e. The fraction of sp³-hybridized carbons (Fsp3) is 0.250. The smallest absolute Gasteiger partial charge is 0.267 e. The minimum absolute atomic E-state index is 0.0612. The standard InChI is InChI=1S/C12H12N4O3S/c1-18-6-7-3-4-9(19-7)10-8(5-13)11(20(2)17)16-12(14)15-10/h3-4H,6H2,1-2H3,(H2,14,15,16). The Balaban J connectivity index is 2.57. The molecule has 0 spiro atoms. The predicted octanol–water partition coefficient (Wildman–Crippen LogP) is 1.07. The minimum atomic E-state index is -1.45. The Hall–Kier alpha value is -2.08. The molecule has 0 saturated heterocycles. The third-order valence-corrected chi connectivity index (χ3v) is 3.30. The normalized spacial score (nSPS) is 12.1. The monoisotopic (exact) mass is 292 g/mol. The molecule has 2 rings (SSSR count). The fourth-order valence-corrected chi connectivity index (χ4v) is 2.32. The number of rotatable bonds is 4. The molecule has 0 amide bonds. The molecule has 1 atom stereocenters. The molecule has 0 saturated carbocycles. The van der Waals surface area contributed by atoms with E-state index in [0.29, 0.717) is 18.1 Å². The summed E-state index contributed by atoms with van der Waals surface area (Å²) >= 11 is -1.45. The van der Waals surface area contributed by atoms with Gasteiger partial charge in [0.05, 0.1) is 0 Å². The van der Waals surface area contributed by atoms with Crippen molar-refractivity contribution in [3.8, 4) is 17.5 Å². The van der Waals surface area contributed by atoms with E-state index in [9.17, 15) is 9.81 Å². The summed E-state index contributed by atoms with van der Waals surface area (Å²) in [5.41, 5.74) is 5.92. The van der Waals surface area contributed by atoms with Crippen LogP contribution in [0.15, 0.2) is 21.6 Å². The van der Waals surface area contributed by atoms with Crippen molar-refractivity contribution in [2.75, 3.05) is 19.1 Å². The van der Waals surface area contributed by atoms with Gasteiger partial charge < -0.3 is 19.4 Å². The van der Waals surface area contributed by atoms with Crippen molar-refractivity contribution in [2.45, 2.75) is 11.6 Å². The highest BCUT2D eigenvalue weighted by Gasteiger charge is 2.23. The predicted molar refractivity (Wildman–Crippen MR) is 71.9 cm³/mol. The zero-order valence-electron chi connectivity index (χ0n) is 10.9. The second-order valence-electron chi connectivity index (χ2n) is 3.88. The number of furan rings is 1. The Morgan fingerprint density at radius 3 is 2.85 bits per heavy atom. The molecule has 104 valence electrons. The molecule has 20 heavy (non-hydrogen) atoms. The first-order valence-corrected chi connectivity index (χ1v) is 7.11. The van der Waals surface area contributed by atoms with Crippen molar-refractivity contribution in [1.82, 2.24) is 9.97 Å². The van der Waals surface area contributed by atoms with Gasteiger partial charge in [-0.15, -0.1) is 0 Å². The van der Waals surface area contributed by atoms with Gasteiger partial charge in [-0.1, -0.05) is 0 Å². The highest BCUT2D eigenvalue weighted by molar-refractivity contribution is 7.90. The molecule has 7 nitrogen and oxygen atoms in total. The SMILES string of the molecule is COCc1ccc(-c2nc(N)nc([S+](C)[O-])c2C#N)o1. The van der Waals surface area contributed by atoms with Crippen LogP contribution in [-0.4, -0.2) is 27.9 Å². The maximum absolute atomic E-state index is 11.6. The second-order valence-corrected chi connectivity index (χ2v) is 5.17. The lowest BCUT2D eigenvalue weighted by Gasteiger charge is -2.08. The average molecular weight is 292 g/mol. The van der Waals surface area contributed by atoms with Crippen LogP contribution >= 0.6 is 0 Å². The van der Waals surface area contributed by atoms with Gasteiger partial charge in [0.25, 0.3) is 5.03 Å². The Morgan fingerprint density at radius 1 is 1.50 bits per heavy atom. The largest absolute Gasteiger partial charge is 0.610 e. The molecular formula is C12H12N4O3S. The summed E-state index contributed by atoms with van der Waals surface area (Å²) in [7, 11) is 1.55. The molecule has 0 aliphatic carbocycles. The summed E-state index contributed by atoms with van der Waals surface area (Å²) in [4.78, 5) is 7.86. The first-order valence-electron chi connectivity index (χ1n) is 5.56. The van der Waals surface area contributed by atoms with Gasteiger partial charge in [0.1, 0.15) is 30.4 Å². The number of nitrogens with two attached hydrogens (primary N) is 1. The number of anilines is 1. The van der Waals surface area contributed by atoms with Crippen molar-refractivity contribution in [3.05, 3.63) is 23.5 Å². The Morgan fingerprint density at radius 2 is 2.25 bits per heavy atom. The maximum atomic E-state index is 11.6. The number of ether oxygens (including phenoxy) is 1. The van der Waals surface area contributed by atoms with Crippen LogP contribution < -0.4 is 5.73 Å². The van der Waals surface area contributed by atoms with Gasteiger partial charge in [-0.05, 0) is 12.1 Å². The summed E-state index contributed by atoms with van der Waals surface area (Å²) in [6, 6.07) is 5.31. The number of nitrogen functional groups attached to an aromatic ring is 1. The summed E-state index contributed by atoms with van der Waals surface area (Å²) in [6.07, 6.45) is 1.42. The van der Waals surface area contributed by atoms with Gasteiger partial charge in [-0.25, -0.2) is 4.98 Å².